The summed E-state index contributed by atoms with van der Waals surface area (Å²) in [6.45, 7) is 0. The van der Waals surface area contributed by atoms with Gasteiger partial charge in [-0.1, -0.05) is 23.7 Å². The number of esters is 1. The number of amides is 4. The van der Waals surface area contributed by atoms with Gasteiger partial charge in [-0.2, -0.15) is 0 Å². The van der Waals surface area contributed by atoms with Crippen LogP contribution < -0.4 is 4.74 Å². The molecule has 0 saturated carbocycles. The van der Waals surface area contributed by atoms with Crippen molar-refractivity contribution in [1.82, 2.24) is 9.80 Å². The van der Waals surface area contributed by atoms with Gasteiger partial charge in [0, 0.05) is 14.1 Å². The quantitative estimate of drug-likeness (QED) is 0.340. The van der Waals surface area contributed by atoms with Crippen LogP contribution >= 0.6 is 22.9 Å². The first-order valence-electron chi connectivity index (χ1n) is 7.66. The number of thiophene rings is 1. The van der Waals surface area contributed by atoms with Crippen LogP contribution in [0.25, 0.3) is 6.08 Å². The van der Waals surface area contributed by atoms with Crippen molar-refractivity contribution in [1.29, 1.82) is 0 Å². The molecule has 9 heteroatoms. The van der Waals surface area contributed by atoms with Crippen LogP contribution in [0.1, 0.15) is 15.2 Å². The molecule has 4 amide bonds. The summed E-state index contributed by atoms with van der Waals surface area (Å²) in [5.74, 6) is -1.78. The van der Waals surface area contributed by atoms with Gasteiger partial charge in [0.2, 0.25) is 0 Å². The summed E-state index contributed by atoms with van der Waals surface area (Å²) < 4.78 is 5.25. The minimum Gasteiger partial charge on any atom is -0.421 e. The first-order chi connectivity index (χ1) is 12.8. The summed E-state index contributed by atoms with van der Waals surface area (Å²) >= 11 is 7.40. The lowest BCUT2D eigenvalue weighted by Crippen LogP contribution is -2.52. The van der Waals surface area contributed by atoms with Gasteiger partial charge in [0.1, 0.15) is 16.2 Å². The largest absolute Gasteiger partial charge is 0.421 e. The van der Waals surface area contributed by atoms with Crippen LogP contribution in [0.4, 0.5) is 4.79 Å². The van der Waals surface area contributed by atoms with E-state index in [0.717, 1.165) is 9.80 Å². The van der Waals surface area contributed by atoms with Crippen molar-refractivity contribution in [2.45, 2.75) is 0 Å². The fourth-order valence-corrected chi connectivity index (χ4v) is 3.20. The van der Waals surface area contributed by atoms with Crippen LogP contribution in [-0.4, -0.2) is 47.7 Å². The first kappa shape index (κ1) is 18.8. The third-order valence-corrected chi connectivity index (χ3v) is 4.98. The van der Waals surface area contributed by atoms with E-state index in [2.05, 4.69) is 0 Å². The molecule has 1 aromatic carbocycles. The molecule has 1 saturated heterocycles. The van der Waals surface area contributed by atoms with Crippen LogP contribution in [0, 0.1) is 0 Å². The highest BCUT2D eigenvalue weighted by Gasteiger charge is 2.37. The molecule has 7 nitrogen and oxygen atoms in total. The van der Waals surface area contributed by atoms with Gasteiger partial charge in [-0.05, 0) is 35.2 Å². The van der Waals surface area contributed by atoms with Gasteiger partial charge in [-0.25, -0.2) is 9.59 Å². The molecule has 0 aliphatic carbocycles. The molecule has 2 aromatic rings. The molecule has 1 fully saturated rings. The molecular weight excluding hydrogens is 392 g/mol. The van der Waals surface area contributed by atoms with E-state index in [1.165, 1.54) is 43.6 Å². The standard InChI is InChI=1S/C18H13ClN2O5S/c1-20-15(22)11(16(23)21(2)18(20)25)8-10-5-6-13(12(19)9-10)26-17(24)14-4-3-7-27-14/h3-9H,1-2H3. The number of hydrogen-bond donors (Lipinski definition) is 0. The Bertz CT molecular complexity index is 958. The number of carbonyl (C=O) groups excluding carboxylic acids is 4. The molecule has 1 aromatic heterocycles. The van der Waals surface area contributed by atoms with Crippen molar-refractivity contribution in [3.8, 4) is 5.75 Å². The molecule has 0 radical (unpaired) electrons. The Morgan fingerprint density at radius 2 is 1.78 bits per heavy atom. The monoisotopic (exact) mass is 404 g/mol. The number of imide groups is 2. The normalized spacial score (nSPS) is 14.6. The van der Waals surface area contributed by atoms with Crippen molar-refractivity contribution in [3.05, 3.63) is 56.7 Å². The zero-order chi connectivity index (χ0) is 19.7. The summed E-state index contributed by atoms with van der Waals surface area (Å²) in [7, 11) is 2.59. The maximum atomic E-state index is 12.2. The Labute approximate surface area is 163 Å². The van der Waals surface area contributed by atoms with Gasteiger partial charge < -0.3 is 4.74 Å². The summed E-state index contributed by atoms with van der Waals surface area (Å²) in [4.78, 5) is 50.3. The molecule has 0 unspecified atom stereocenters. The maximum Gasteiger partial charge on any atom is 0.353 e. The van der Waals surface area contributed by atoms with Crippen molar-refractivity contribution >= 4 is 52.8 Å². The van der Waals surface area contributed by atoms with E-state index >= 15 is 0 Å². The molecule has 0 spiro atoms. The van der Waals surface area contributed by atoms with Crippen molar-refractivity contribution in [2.75, 3.05) is 14.1 Å². The summed E-state index contributed by atoms with van der Waals surface area (Å²) in [5, 5.41) is 1.90. The van der Waals surface area contributed by atoms with Gasteiger partial charge in [0.05, 0.1) is 5.02 Å². The van der Waals surface area contributed by atoms with E-state index < -0.39 is 23.8 Å². The Morgan fingerprint density at radius 1 is 1.11 bits per heavy atom. The zero-order valence-corrected chi connectivity index (χ0v) is 15.8. The second kappa shape index (κ2) is 7.34. The lowest BCUT2D eigenvalue weighted by molar-refractivity contribution is -0.134. The summed E-state index contributed by atoms with van der Waals surface area (Å²) in [6.07, 6.45) is 1.33. The summed E-state index contributed by atoms with van der Waals surface area (Å²) in [6, 6.07) is 7.14. The van der Waals surface area contributed by atoms with Gasteiger partial charge >= 0.3 is 12.0 Å². The van der Waals surface area contributed by atoms with E-state index in [-0.39, 0.29) is 16.3 Å². The minimum absolute atomic E-state index is 0.141. The molecule has 2 heterocycles. The van der Waals surface area contributed by atoms with E-state index in [1.54, 1.807) is 23.6 Å². The summed E-state index contributed by atoms with van der Waals surface area (Å²) in [5.41, 5.74) is 0.280. The highest BCUT2D eigenvalue weighted by molar-refractivity contribution is 7.12. The predicted molar refractivity (Wildman–Crippen MR) is 99.6 cm³/mol. The number of urea groups is 1. The van der Waals surface area contributed by atoms with Gasteiger partial charge in [-0.15, -0.1) is 11.3 Å². The lowest BCUT2D eigenvalue weighted by atomic mass is 10.1. The molecule has 27 heavy (non-hydrogen) atoms. The fraction of sp³-hybridized carbons (Fsp3) is 0.111. The number of rotatable bonds is 3. The predicted octanol–water partition coefficient (Wildman–Crippen LogP) is 3.05. The van der Waals surface area contributed by atoms with Crippen LogP contribution in [0.5, 0.6) is 5.75 Å². The highest BCUT2D eigenvalue weighted by atomic mass is 35.5. The topological polar surface area (TPSA) is 84.0 Å². The van der Waals surface area contributed by atoms with Gasteiger partial charge in [0.25, 0.3) is 11.8 Å². The van der Waals surface area contributed by atoms with Gasteiger partial charge in [-0.3, -0.25) is 19.4 Å². The second-order valence-corrected chi connectivity index (χ2v) is 6.98. The molecule has 0 N–H and O–H groups in total. The van der Waals surface area contributed by atoms with Crippen molar-refractivity contribution in [3.63, 3.8) is 0 Å². The average Bonchev–Trinajstić information content (AvgIpc) is 3.19. The smallest absolute Gasteiger partial charge is 0.353 e. The molecule has 0 atom stereocenters. The number of nitrogens with zero attached hydrogens (tertiary/aromatic N) is 2. The number of hydrogen-bond acceptors (Lipinski definition) is 6. The number of carbonyl (C=O) groups is 4. The van der Waals surface area contributed by atoms with Crippen molar-refractivity contribution < 1.29 is 23.9 Å². The molecule has 138 valence electrons. The number of likely N-dealkylation sites (N-methyl/N-ethyl adjacent to an activating group) is 2. The number of benzene rings is 1. The number of halogens is 1. The maximum absolute atomic E-state index is 12.2. The zero-order valence-electron chi connectivity index (χ0n) is 14.3. The Hall–Kier alpha value is -2.97. The molecule has 1 aliphatic rings. The third-order valence-electron chi connectivity index (χ3n) is 3.84. The third kappa shape index (κ3) is 3.62. The molecule has 3 rings (SSSR count). The van der Waals surface area contributed by atoms with E-state index in [9.17, 15) is 19.2 Å². The SMILES string of the molecule is CN1C(=O)C(=Cc2ccc(OC(=O)c3cccs3)c(Cl)c2)C(=O)N(C)C1=O. The van der Waals surface area contributed by atoms with Crippen LogP contribution in [0.2, 0.25) is 5.02 Å². The molecule has 0 bridgehead atoms. The van der Waals surface area contributed by atoms with E-state index in [4.69, 9.17) is 16.3 Å². The molecular formula is C18H13ClN2O5S. The lowest BCUT2D eigenvalue weighted by Gasteiger charge is -2.28. The van der Waals surface area contributed by atoms with Crippen molar-refractivity contribution in [2.24, 2.45) is 0 Å². The molecule has 1 aliphatic heterocycles. The Morgan fingerprint density at radius 3 is 2.33 bits per heavy atom. The van der Waals surface area contributed by atoms with Crippen LogP contribution in [0.3, 0.4) is 0 Å². The Kier molecular flexibility index (Phi) is 5.11. The first-order valence-corrected chi connectivity index (χ1v) is 8.92. The average molecular weight is 405 g/mol. The fourth-order valence-electron chi connectivity index (χ4n) is 2.38. The minimum atomic E-state index is -0.701. The van der Waals surface area contributed by atoms with E-state index in [1.807, 2.05) is 0 Å². The second-order valence-electron chi connectivity index (χ2n) is 5.63. The number of ether oxygens (including phenoxy) is 1. The van der Waals surface area contributed by atoms with Gasteiger partial charge in [0.15, 0.2) is 0 Å². The highest BCUT2D eigenvalue weighted by Crippen LogP contribution is 2.28. The van der Waals surface area contributed by atoms with E-state index in [0.29, 0.717) is 10.4 Å². The number of barbiturate groups is 1. The Balaban J connectivity index is 1.86. The van der Waals surface area contributed by atoms with Crippen LogP contribution in [-0.2, 0) is 9.59 Å². The van der Waals surface area contributed by atoms with Crippen LogP contribution in [0.15, 0.2) is 41.3 Å².